The van der Waals surface area contributed by atoms with Crippen molar-refractivity contribution < 1.29 is 14.3 Å². The molecule has 0 radical (unpaired) electrons. The number of hydrogen-bond acceptors (Lipinski definition) is 3. The second-order valence-electron chi connectivity index (χ2n) is 6.97. The first-order chi connectivity index (χ1) is 14.2. The van der Waals surface area contributed by atoms with Gasteiger partial charge in [-0.1, -0.05) is 72.8 Å². The Kier molecular flexibility index (Phi) is 5.52. The van der Waals surface area contributed by atoms with E-state index in [0.717, 1.165) is 22.4 Å². The number of ether oxygens (including phenoxy) is 1. The fraction of sp³-hybridized carbons (Fsp3) is 0.120. The molecule has 1 amide bonds. The number of benzene rings is 3. The number of carbonyl (C=O) groups excluding carboxylic acids is 2. The van der Waals surface area contributed by atoms with Gasteiger partial charge in [0.2, 0.25) is 0 Å². The molecule has 0 spiro atoms. The van der Waals surface area contributed by atoms with E-state index in [1.165, 1.54) is 0 Å². The smallest absolute Gasteiger partial charge is 0.258 e. The monoisotopic (exact) mass is 383 g/mol. The summed E-state index contributed by atoms with van der Waals surface area (Å²) in [7, 11) is 0. The first-order valence-electron chi connectivity index (χ1n) is 9.54. The van der Waals surface area contributed by atoms with Crippen molar-refractivity contribution >= 4 is 17.8 Å². The van der Waals surface area contributed by atoms with Crippen molar-refractivity contribution in [3.63, 3.8) is 0 Å². The van der Waals surface area contributed by atoms with Crippen molar-refractivity contribution in [2.45, 2.75) is 13.2 Å². The summed E-state index contributed by atoms with van der Waals surface area (Å²) < 4.78 is 5.78. The SMILES string of the molecule is O=C1CN(Cc2ccccc2)C(=O)/C1=C\c1ccc(OCc2ccccc2)cc1. The number of hydrogen-bond donors (Lipinski definition) is 0. The van der Waals surface area contributed by atoms with E-state index in [-0.39, 0.29) is 23.8 Å². The molecule has 0 aliphatic carbocycles. The standard InChI is InChI=1S/C25H21NO3/c27-24-17-26(16-20-7-3-1-4-8-20)25(28)23(24)15-19-11-13-22(14-12-19)29-18-21-9-5-2-6-10-21/h1-15H,16-18H2/b23-15-. The molecule has 3 aromatic rings. The van der Waals surface area contributed by atoms with E-state index >= 15 is 0 Å². The number of likely N-dealkylation sites (tertiary alicyclic amines) is 1. The highest BCUT2D eigenvalue weighted by molar-refractivity contribution is 6.27. The molecule has 4 rings (SSSR count). The minimum atomic E-state index is -0.219. The van der Waals surface area contributed by atoms with Gasteiger partial charge in [0.1, 0.15) is 12.4 Å². The lowest BCUT2D eigenvalue weighted by Crippen LogP contribution is -2.24. The highest BCUT2D eigenvalue weighted by Gasteiger charge is 2.33. The number of carbonyl (C=O) groups is 2. The number of Topliss-reactive ketones (excluding diaryl/α,β-unsaturated/α-hetero) is 1. The molecule has 3 aromatic carbocycles. The quantitative estimate of drug-likeness (QED) is 0.472. The zero-order chi connectivity index (χ0) is 20.1. The molecule has 0 aromatic heterocycles. The Morgan fingerprint density at radius 2 is 1.41 bits per heavy atom. The molecule has 144 valence electrons. The van der Waals surface area contributed by atoms with E-state index in [1.807, 2.05) is 84.9 Å². The van der Waals surface area contributed by atoms with E-state index in [2.05, 4.69) is 0 Å². The summed E-state index contributed by atoms with van der Waals surface area (Å²) in [5.74, 6) is 0.379. The fourth-order valence-electron chi connectivity index (χ4n) is 3.26. The third-order valence-corrected chi connectivity index (χ3v) is 4.81. The van der Waals surface area contributed by atoms with Gasteiger partial charge in [0.05, 0.1) is 12.1 Å². The van der Waals surface area contributed by atoms with Gasteiger partial charge in [-0.05, 0) is 34.9 Å². The van der Waals surface area contributed by atoms with Gasteiger partial charge in [-0.25, -0.2) is 0 Å². The lowest BCUT2D eigenvalue weighted by atomic mass is 10.1. The van der Waals surface area contributed by atoms with Crippen LogP contribution >= 0.6 is 0 Å². The molecular weight excluding hydrogens is 362 g/mol. The Balaban J connectivity index is 1.42. The van der Waals surface area contributed by atoms with Crippen molar-refractivity contribution in [1.82, 2.24) is 4.90 Å². The van der Waals surface area contributed by atoms with Crippen LogP contribution in [-0.4, -0.2) is 23.1 Å². The molecule has 0 bridgehead atoms. The predicted molar refractivity (Wildman–Crippen MR) is 112 cm³/mol. The van der Waals surface area contributed by atoms with E-state index in [4.69, 9.17) is 4.74 Å². The molecule has 4 nitrogen and oxygen atoms in total. The Labute approximate surface area is 170 Å². The molecule has 1 aliphatic heterocycles. The van der Waals surface area contributed by atoms with Gasteiger partial charge < -0.3 is 9.64 Å². The molecule has 1 heterocycles. The minimum absolute atomic E-state index is 0.123. The maximum Gasteiger partial charge on any atom is 0.258 e. The summed E-state index contributed by atoms with van der Waals surface area (Å²) in [6, 6.07) is 27.0. The Morgan fingerprint density at radius 3 is 2.07 bits per heavy atom. The maximum atomic E-state index is 12.7. The Hall–Kier alpha value is -3.66. The number of nitrogens with zero attached hydrogens (tertiary/aromatic N) is 1. The van der Waals surface area contributed by atoms with Gasteiger partial charge in [0.15, 0.2) is 5.78 Å². The van der Waals surface area contributed by atoms with Crippen LogP contribution in [0.4, 0.5) is 0 Å². The van der Waals surface area contributed by atoms with E-state index < -0.39 is 0 Å². The van der Waals surface area contributed by atoms with Gasteiger partial charge in [-0.2, -0.15) is 0 Å². The molecule has 0 saturated carbocycles. The van der Waals surface area contributed by atoms with Crippen LogP contribution in [0.1, 0.15) is 16.7 Å². The number of amides is 1. The first-order valence-corrected chi connectivity index (χ1v) is 9.54. The van der Waals surface area contributed by atoms with Gasteiger partial charge in [0.25, 0.3) is 5.91 Å². The molecular formula is C25H21NO3. The summed E-state index contributed by atoms with van der Waals surface area (Å²) in [6.45, 7) is 1.06. The summed E-state index contributed by atoms with van der Waals surface area (Å²) >= 11 is 0. The van der Waals surface area contributed by atoms with Gasteiger partial charge in [-0.3, -0.25) is 9.59 Å². The molecule has 0 atom stereocenters. The topological polar surface area (TPSA) is 46.6 Å². The second kappa shape index (κ2) is 8.57. The lowest BCUT2D eigenvalue weighted by molar-refractivity contribution is -0.125. The van der Waals surface area contributed by atoms with Crippen molar-refractivity contribution in [2.24, 2.45) is 0 Å². The molecule has 1 saturated heterocycles. The molecule has 0 N–H and O–H groups in total. The highest BCUT2D eigenvalue weighted by atomic mass is 16.5. The average molecular weight is 383 g/mol. The van der Waals surface area contributed by atoms with Crippen LogP contribution in [0.2, 0.25) is 0 Å². The zero-order valence-corrected chi connectivity index (χ0v) is 16.0. The third kappa shape index (κ3) is 4.61. The fourth-order valence-corrected chi connectivity index (χ4v) is 3.26. The second-order valence-corrected chi connectivity index (χ2v) is 6.97. The van der Waals surface area contributed by atoms with E-state index in [1.54, 1.807) is 11.0 Å². The largest absolute Gasteiger partial charge is 0.489 e. The highest BCUT2D eigenvalue weighted by Crippen LogP contribution is 2.21. The number of ketones is 1. The summed E-state index contributed by atoms with van der Waals surface area (Å²) in [5, 5.41) is 0. The van der Waals surface area contributed by atoms with Crippen LogP contribution in [0.5, 0.6) is 5.75 Å². The van der Waals surface area contributed by atoms with Crippen molar-refractivity contribution in [1.29, 1.82) is 0 Å². The van der Waals surface area contributed by atoms with E-state index in [0.29, 0.717) is 13.2 Å². The van der Waals surface area contributed by atoms with Crippen molar-refractivity contribution in [3.8, 4) is 5.75 Å². The van der Waals surface area contributed by atoms with Crippen LogP contribution < -0.4 is 4.74 Å². The Bertz CT molecular complexity index is 1020. The van der Waals surface area contributed by atoms with Crippen LogP contribution in [-0.2, 0) is 22.7 Å². The zero-order valence-electron chi connectivity index (χ0n) is 16.0. The summed E-state index contributed by atoms with van der Waals surface area (Å²) in [5.41, 5.74) is 3.14. The predicted octanol–water partition coefficient (Wildman–Crippen LogP) is 4.26. The normalized spacial score (nSPS) is 15.2. The first kappa shape index (κ1) is 18.7. The van der Waals surface area contributed by atoms with Crippen LogP contribution in [0.3, 0.4) is 0 Å². The van der Waals surface area contributed by atoms with Crippen LogP contribution in [0.15, 0.2) is 90.5 Å². The van der Waals surface area contributed by atoms with E-state index in [9.17, 15) is 9.59 Å². The molecule has 1 fully saturated rings. The maximum absolute atomic E-state index is 12.7. The summed E-state index contributed by atoms with van der Waals surface area (Å²) in [6.07, 6.45) is 1.66. The van der Waals surface area contributed by atoms with Gasteiger partial charge in [0, 0.05) is 6.54 Å². The Morgan fingerprint density at radius 1 is 0.793 bits per heavy atom. The average Bonchev–Trinajstić information content (AvgIpc) is 3.02. The van der Waals surface area contributed by atoms with Crippen LogP contribution in [0.25, 0.3) is 6.08 Å². The van der Waals surface area contributed by atoms with Gasteiger partial charge >= 0.3 is 0 Å². The molecule has 4 heteroatoms. The molecule has 29 heavy (non-hydrogen) atoms. The van der Waals surface area contributed by atoms with Gasteiger partial charge in [-0.15, -0.1) is 0 Å². The minimum Gasteiger partial charge on any atom is -0.489 e. The molecule has 1 aliphatic rings. The lowest BCUT2D eigenvalue weighted by Gasteiger charge is -2.13. The number of rotatable bonds is 6. The third-order valence-electron chi connectivity index (χ3n) is 4.81. The van der Waals surface area contributed by atoms with Crippen molar-refractivity contribution in [2.75, 3.05) is 6.54 Å². The van der Waals surface area contributed by atoms with Crippen LogP contribution in [0, 0.1) is 0 Å². The van der Waals surface area contributed by atoms with Crippen molar-refractivity contribution in [3.05, 3.63) is 107 Å². The molecule has 0 unspecified atom stereocenters. The summed E-state index contributed by atoms with van der Waals surface area (Å²) in [4.78, 5) is 26.6.